The van der Waals surface area contributed by atoms with E-state index in [-0.39, 0.29) is 27.8 Å². The van der Waals surface area contributed by atoms with Gasteiger partial charge in [-0.05, 0) is 97.6 Å². The van der Waals surface area contributed by atoms with Crippen LogP contribution in [0.4, 0.5) is 4.79 Å². The molecule has 0 bridgehead atoms. The molecule has 1 amide bonds. The third-order valence-corrected chi connectivity index (χ3v) is 7.86. The third-order valence-electron chi connectivity index (χ3n) is 6.25. The Morgan fingerprint density at radius 2 is 1.82 bits per heavy atom. The van der Waals surface area contributed by atoms with Gasteiger partial charge in [0.25, 0.3) is 0 Å². The minimum absolute atomic E-state index is 0.0310. The Hall–Kier alpha value is -1.31. The summed E-state index contributed by atoms with van der Waals surface area (Å²) in [6.45, 7) is 23.0. The number of hydrogen-bond donors (Lipinski definition) is 1. The van der Waals surface area contributed by atoms with Crippen molar-refractivity contribution in [2.45, 2.75) is 123 Å². The van der Waals surface area contributed by atoms with Crippen LogP contribution in [0.15, 0.2) is 18.3 Å². The van der Waals surface area contributed by atoms with Crippen molar-refractivity contribution in [3.63, 3.8) is 0 Å². The van der Waals surface area contributed by atoms with Crippen LogP contribution in [0.2, 0.25) is 0 Å². The van der Waals surface area contributed by atoms with Gasteiger partial charge in [-0.1, -0.05) is 26.8 Å². The number of carbonyl (C=O) groups excluding carboxylic acids is 1. The largest absolute Gasteiger partial charge is 0.598 e. The van der Waals surface area contributed by atoms with E-state index in [9.17, 15) is 9.35 Å². The summed E-state index contributed by atoms with van der Waals surface area (Å²) in [5.41, 5.74) is 1.35. The molecule has 1 aromatic rings. The van der Waals surface area contributed by atoms with Gasteiger partial charge in [0.15, 0.2) is 0 Å². The highest BCUT2D eigenvalue weighted by Gasteiger charge is 2.43. The maximum atomic E-state index is 13.0. The highest BCUT2D eigenvalue weighted by molar-refractivity contribution is 7.90. The van der Waals surface area contributed by atoms with Crippen LogP contribution >= 0.6 is 0 Å². The molecule has 0 radical (unpaired) electrons. The molecule has 194 valence electrons. The summed E-state index contributed by atoms with van der Waals surface area (Å²) in [5, 5.41) is 0. The van der Waals surface area contributed by atoms with E-state index in [4.69, 9.17) is 9.72 Å². The van der Waals surface area contributed by atoms with E-state index in [1.54, 1.807) is 0 Å². The summed E-state index contributed by atoms with van der Waals surface area (Å²) in [4.78, 5) is 19.4. The Morgan fingerprint density at radius 3 is 2.29 bits per heavy atom. The van der Waals surface area contributed by atoms with E-state index < -0.39 is 17.0 Å². The first kappa shape index (κ1) is 28.9. The minimum atomic E-state index is -1.21. The van der Waals surface area contributed by atoms with E-state index >= 15 is 0 Å². The molecular formula is C27H47N3O3S. The van der Waals surface area contributed by atoms with E-state index in [1.807, 2.05) is 52.6 Å². The lowest BCUT2D eigenvalue weighted by atomic mass is 9.88. The van der Waals surface area contributed by atoms with Crippen molar-refractivity contribution in [3.8, 4) is 0 Å². The maximum absolute atomic E-state index is 13.0. The monoisotopic (exact) mass is 493 g/mol. The average Bonchev–Trinajstić information content (AvgIpc) is 2.96. The molecule has 6 nitrogen and oxygen atoms in total. The summed E-state index contributed by atoms with van der Waals surface area (Å²) in [7, 11) is 0. The van der Waals surface area contributed by atoms with Gasteiger partial charge in [-0.2, -0.15) is 0 Å². The van der Waals surface area contributed by atoms with Crippen molar-refractivity contribution in [2.24, 2.45) is 5.92 Å². The van der Waals surface area contributed by atoms with Crippen LogP contribution in [-0.4, -0.2) is 43.0 Å². The topological polar surface area (TPSA) is 77.5 Å². The lowest BCUT2D eigenvalue weighted by Crippen LogP contribution is -2.45. The average molecular weight is 494 g/mol. The second kappa shape index (κ2) is 10.4. The fourth-order valence-electron chi connectivity index (χ4n) is 4.25. The Labute approximate surface area is 210 Å². The SMILES string of the molecule is CC(C)(C)OC(=O)N1C[C@@H](CCC(N[S+]([O-])C(C)(C)C)c2ccc(C(C)(C)C)cn2)CC1(C)C. The maximum Gasteiger partial charge on any atom is 0.410 e. The second-order valence-corrected chi connectivity index (χ2v) is 15.3. The summed E-state index contributed by atoms with van der Waals surface area (Å²) in [5.74, 6) is 0.351. The van der Waals surface area contributed by atoms with Crippen LogP contribution in [0.25, 0.3) is 0 Å². The fraction of sp³-hybridized carbons (Fsp3) is 0.778. The second-order valence-electron chi connectivity index (χ2n) is 13.3. The van der Waals surface area contributed by atoms with Gasteiger partial charge in [-0.15, -0.1) is 4.72 Å². The van der Waals surface area contributed by atoms with Gasteiger partial charge in [0.1, 0.15) is 10.3 Å². The number of aromatic nitrogens is 1. The van der Waals surface area contributed by atoms with Gasteiger partial charge < -0.3 is 14.2 Å². The molecule has 1 fully saturated rings. The number of nitrogens with one attached hydrogen (secondary N) is 1. The number of pyridine rings is 1. The number of nitrogens with zero attached hydrogens (tertiary/aromatic N) is 2. The quantitative estimate of drug-likeness (QED) is 0.471. The first-order valence-corrected chi connectivity index (χ1v) is 13.6. The predicted molar refractivity (Wildman–Crippen MR) is 141 cm³/mol. The Balaban J connectivity index is 2.15. The first-order valence-electron chi connectivity index (χ1n) is 12.4. The predicted octanol–water partition coefficient (Wildman–Crippen LogP) is 6.29. The number of likely N-dealkylation sites (tertiary alicyclic amines) is 1. The zero-order valence-electron chi connectivity index (χ0n) is 23.2. The summed E-state index contributed by atoms with van der Waals surface area (Å²) >= 11 is -1.21. The first-order chi connectivity index (χ1) is 15.3. The van der Waals surface area contributed by atoms with Crippen LogP contribution in [-0.2, 0) is 21.5 Å². The molecule has 7 heteroatoms. The van der Waals surface area contributed by atoms with E-state index in [1.165, 1.54) is 5.56 Å². The zero-order chi connectivity index (χ0) is 26.1. The summed E-state index contributed by atoms with van der Waals surface area (Å²) in [6, 6.07) is 4.07. The summed E-state index contributed by atoms with van der Waals surface area (Å²) in [6.07, 6.45) is 4.31. The molecule has 1 aliphatic heterocycles. The fourth-order valence-corrected chi connectivity index (χ4v) is 5.10. The van der Waals surface area contributed by atoms with Crippen molar-refractivity contribution < 1.29 is 14.1 Å². The smallest absolute Gasteiger partial charge is 0.410 e. The van der Waals surface area contributed by atoms with Gasteiger partial charge in [-0.25, -0.2) is 4.79 Å². The third kappa shape index (κ3) is 8.13. The van der Waals surface area contributed by atoms with Crippen LogP contribution in [0.1, 0.15) is 113 Å². The van der Waals surface area contributed by atoms with Crippen LogP contribution in [0.3, 0.4) is 0 Å². The van der Waals surface area contributed by atoms with Gasteiger partial charge >= 0.3 is 6.09 Å². The number of carbonyl (C=O) groups is 1. The lowest BCUT2D eigenvalue weighted by molar-refractivity contribution is 0.0130. The normalized spacial score (nSPS) is 20.8. The van der Waals surface area contributed by atoms with Gasteiger partial charge in [0.2, 0.25) is 0 Å². The van der Waals surface area contributed by atoms with Crippen LogP contribution in [0.5, 0.6) is 0 Å². The molecular weight excluding hydrogens is 446 g/mol. The Morgan fingerprint density at radius 1 is 1.21 bits per heavy atom. The van der Waals surface area contributed by atoms with Gasteiger partial charge in [0.05, 0.1) is 11.7 Å². The molecule has 1 aromatic heterocycles. The van der Waals surface area contributed by atoms with Crippen LogP contribution < -0.4 is 4.72 Å². The Bertz CT molecular complexity index is 819. The molecule has 3 atom stereocenters. The van der Waals surface area contributed by atoms with E-state index in [0.717, 1.165) is 25.0 Å². The Kier molecular flexibility index (Phi) is 8.81. The van der Waals surface area contributed by atoms with Crippen molar-refractivity contribution in [1.82, 2.24) is 14.6 Å². The van der Waals surface area contributed by atoms with Crippen LogP contribution in [0, 0.1) is 5.92 Å². The molecule has 34 heavy (non-hydrogen) atoms. The molecule has 1 saturated heterocycles. The standard InChI is InChI=1S/C27H47N3O3S/c1-24(2,3)20-13-15-21(28-17-20)22(29-34(32)26(7,8)9)14-12-19-16-27(10,11)30(18-19)23(31)33-25(4,5)6/h13,15,17,19,22,29H,12,14,16,18H2,1-11H3/t19-,22?,34?/m0/s1. The molecule has 2 unspecified atom stereocenters. The van der Waals surface area contributed by atoms with Crippen molar-refractivity contribution in [2.75, 3.05) is 6.54 Å². The molecule has 0 spiro atoms. The van der Waals surface area contributed by atoms with E-state index in [0.29, 0.717) is 12.5 Å². The number of hydrogen-bond acceptors (Lipinski definition) is 5. The molecule has 1 aliphatic rings. The molecule has 2 heterocycles. The number of ether oxygens (including phenoxy) is 1. The number of amides is 1. The molecule has 0 aliphatic carbocycles. The van der Waals surface area contributed by atoms with Crippen molar-refractivity contribution in [3.05, 3.63) is 29.6 Å². The molecule has 0 saturated carbocycles. The van der Waals surface area contributed by atoms with Gasteiger partial charge in [-0.3, -0.25) is 4.98 Å². The number of rotatable bonds is 6. The van der Waals surface area contributed by atoms with Gasteiger partial charge in [0, 0.05) is 29.6 Å². The van der Waals surface area contributed by atoms with Crippen molar-refractivity contribution in [1.29, 1.82) is 0 Å². The zero-order valence-corrected chi connectivity index (χ0v) is 24.1. The molecule has 0 aromatic carbocycles. The molecule has 1 N–H and O–H groups in total. The van der Waals surface area contributed by atoms with E-state index in [2.05, 4.69) is 51.5 Å². The summed E-state index contributed by atoms with van der Waals surface area (Å²) < 4.78 is 21.6. The highest BCUT2D eigenvalue weighted by Crippen LogP contribution is 2.37. The molecule has 2 rings (SSSR count). The lowest BCUT2D eigenvalue weighted by Gasteiger charge is -2.33. The minimum Gasteiger partial charge on any atom is -0.598 e. The highest BCUT2D eigenvalue weighted by atomic mass is 32.2. The van der Waals surface area contributed by atoms with Crippen molar-refractivity contribution >= 4 is 17.5 Å².